The highest BCUT2D eigenvalue weighted by Gasteiger charge is 2.21. The molecule has 0 aliphatic carbocycles. The van der Waals surface area contributed by atoms with E-state index in [9.17, 15) is 0 Å². The molecule has 2 heteroatoms. The summed E-state index contributed by atoms with van der Waals surface area (Å²) in [7, 11) is 0. The molecule has 0 aromatic heterocycles. The number of piperazine rings is 1. The number of nitrogens with zero attached hydrogens (tertiary/aromatic N) is 1. The summed E-state index contributed by atoms with van der Waals surface area (Å²) in [4.78, 5) is 2.64. The fourth-order valence-electron chi connectivity index (χ4n) is 2.64. The fraction of sp³-hybridized carbons (Fsp3) is 0.600. The molecule has 2 rings (SSSR count). The van der Waals surface area contributed by atoms with Crippen molar-refractivity contribution >= 4 is 0 Å². The first-order chi connectivity index (χ1) is 8.31. The van der Waals surface area contributed by atoms with E-state index in [4.69, 9.17) is 0 Å². The Morgan fingerprint density at radius 1 is 1.35 bits per heavy atom. The molecular weight excluding hydrogens is 208 g/mol. The first-order valence-electron chi connectivity index (χ1n) is 6.80. The topological polar surface area (TPSA) is 15.3 Å². The Kier molecular flexibility index (Phi) is 4.57. The summed E-state index contributed by atoms with van der Waals surface area (Å²) in [5.74, 6) is 0. The van der Waals surface area contributed by atoms with Gasteiger partial charge in [-0.3, -0.25) is 4.90 Å². The van der Waals surface area contributed by atoms with Crippen molar-refractivity contribution in [3.05, 3.63) is 35.4 Å². The van der Waals surface area contributed by atoms with Gasteiger partial charge in [-0.25, -0.2) is 0 Å². The van der Waals surface area contributed by atoms with Crippen LogP contribution in [0.1, 0.15) is 30.9 Å². The average Bonchev–Trinajstić information content (AvgIpc) is 2.35. The van der Waals surface area contributed by atoms with Crippen LogP contribution in [0.4, 0.5) is 0 Å². The van der Waals surface area contributed by atoms with Crippen LogP contribution in [-0.2, 0) is 6.54 Å². The van der Waals surface area contributed by atoms with Gasteiger partial charge in [-0.2, -0.15) is 0 Å². The summed E-state index contributed by atoms with van der Waals surface area (Å²) in [6.07, 6.45) is 2.58. The van der Waals surface area contributed by atoms with Crippen molar-refractivity contribution in [3.63, 3.8) is 0 Å². The second kappa shape index (κ2) is 6.18. The van der Waals surface area contributed by atoms with E-state index in [1.165, 1.54) is 30.5 Å². The minimum Gasteiger partial charge on any atom is -0.314 e. The van der Waals surface area contributed by atoms with Crippen LogP contribution in [0, 0.1) is 6.92 Å². The van der Waals surface area contributed by atoms with Gasteiger partial charge >= 0.3 is 0 Å². The Balaban J connectivity index is 2.03. The minimum absolute atomic E-state index is 0.716. The fourth-order valence-corrected chi connectivity index (χ4v) is 2.64. The highest BCUT2D eigenvalue weighted by molar-refractivity contribution is 5.25. The van der Waals surface area contributed by atoms with E-state index < -0.39 is 0 Å². The van der Waals surface area contributed by atoms with Crippen molar-refractivity contribution in [3.8, 4) is 0 Å². The highest BCUT2D eigenvalue weighted by atomic mass is 15.2. The van der Waals surface area contributed by atoms with Gasteiger partial charge in [0.15, 0.2) is 0 Å². The van der Waals surface area contributed by atoms with Crippen molar-refractivity contribution in [2.24, 2.45) is 0 Å². The molecule has 1 atom stereocenters. The molecule has 1 aliphatic heterocycles. The number of hydrogen-bond acceptors (Lipinski definition) is 2. The Labute approximate surface area is 105 Å². The van der Waals surface area contributed by atoms with Gasteiger partial charge < -0.3 is 5.32 Å². The molecule has 0 bridgehead atoms. The number of nitrogens with one attached hydrogen (secondary N) is 1. The monoisotopic (exact) mass is 232 g/mol. The van der Waals surface area contributed by atoms with Gasteiger partial charge in [-0.05, 0) is 24.5 Å². The smallest absolute Gasteiger partial charge is 0.0240 e. The normalized spacial score (nSPS) is 21.6. The van der Waals surface area contributed by atoms with E-state index >= 15 is 0 Å². The van der Waals surface area contributed by atoms with Gasteiger partial charge in [-0.1, -0.05) is 37.6 Å². The molecular formula is C15H24N2. The molecule has 1 aromatic carbocycles. The van der Waals surface area contributed by atoms with Gasteiger partial charge in [0.05, 0.1) is 0 Å². The quantitative estimate of drug-likeness (QED) is 0.858. The van der Waals surface area contributed by atoms with Crippen LogP contribution in [0.5, 0.6) is 0 Å². The zero-order chi connectivity index (χ0) is 12.1. The van der Waals surface area contributed by atoms with Crippen LogP contribution in [-0.4, -0.2) is 30.6 Å². The highest BCUT2D eigenvalue weighted by Crippen LogP contribution is 2.16. The Morgan fingerprint density at radius 3 is 2.94 bits per heavy atom. The zero-order valence-electron chi connectivity index (χ0n) is 11.1. The average molecular weight is 232 g/mol. The van der Waals surface area contributed by atoms with E-state index in [1.807, 2.05) is 0 Å². The van der Waals surface area contributed by atoms with Gasteiger partial charge in [0.2, 0.25) is 0 Å². The summed E-state index contributed by atoms with van der Waals surface area (Å²) in [6.45, 7) is 9.07. The predicted molar refractivity (Wildman–Crippen MR) is 73.2 cm³/mol. The van der Waals surface area contributed by atoms with Crippen LogP contribution in [0.3, 0.4) is 0 Å². The third-order valence-electron chi connectivity index (χ3n) is 3.73. The van der Waals surface area contributed by atoms with Crippen molar-refractivity contribution in [1.29, 1.82) is 0 Å². The van der Waals surface area contributed by atoms with E-state index in [-0.39, 0.29) is 0 Å². The van der Waals surface area contributed by atoms with Crippen molar-refractivity contribution in [1.82, 2.24) is 10.2 Å². The first kappa shape index (κ1) is 12.6. The van der Waals surface area contributed by atoms with Crippen molar-refractivity contribution < 1.29 is 0 Å². The second-order valence-electron chi connectivity index (χ2n) is 5.04. The summed E-state index contributed by atoms with van der Waals surface area (Å²) in [5.41, 5.74) is 2.90. The summed E-state index contributed by atoms with van der Waals surface area (Å²) >= 11 is 0. The Hall–Kier alpha value is -0.860. The third kappa shape index (κ3) is 3.30. The molecule has 0 spiro atoms. The molecule has 1 fully saturated rings. The molecule has 1 aromatic rings. The number of benzene rings is 1. The Morgan fingerprint density at radius 2 is 2.18 bits per heavy atom. The molecule has 0 saturated carbocycles. The lowest BCUT2D eigenvalue weighted by molar-refractivity contribution is 0.144. The van der Waals surface area contributed by atoms with Gasteiger partial charge in [0.1, 0.15) is 0 Å². The van der Waals surface area contributed by atoms with E-state index in [0.717, 1.165) is 19.6 Å². The van der Waals surface area contributed by atoms with Crippen molar-refractivity contribution in [2.45, 2.75) is 39.3 Å². The van der Waals surface area contributed by atoms with E-state index in [2.05, 4.69) is 48.3 Å². The molecule has 17 heavy (non-hydrogen) atoms. The van der Waals surface area contributed by atoms with Crippen LogP contribution >= 0.6 is 0 Å². The lowest BCUT2D eigenvalue weighted by atomic mass is 10.0. The summed E-state index contributed by atoms with van der Waals surface area (Å²) < 4.78 is 0. The van der Waals surface area contributed by atoms with Gasteiger partial charge in [-0.15, -0.1) is 0 Å². The molecule has 1 aliphatic rings. The van der Waals surface area contributed by atoms with E-state index in [0.29, 0.717) is 6.04 Å². The lowest BCUT2D eigenvalue weighted by Gasteiger charge is -2.36. The number of hydrogen-bond donors (Lipinski definition) is 1. The number of rotatable bonds is 4. The maximum Gasteiger partial charge on any atom is 0.0240 e. The maximum atomic E-state index is 3.51. The Bertz CT molecular complexity index is 347. The zero-order valence-corrected chi connectivity index (χ0v) is 11.1. The molecule has 1 unspecified atom stereocenters. The standard InChI is InChI=1S/C15H24N2/c1-3-6-15-11-16-9-10-17(15)12-14-8-5-4-7-13(14)2/h4-5,7-8,15-16H,3,6,9-12H2,1-2H3. The van der Waals surface area contributed by atoms with Gasteiger partial charge in [0.25, 0.3) is 0 Å². The van der Waals surface area contributed by atoms with Crippen LogP contribution in [0.15, 0.2) is 24.3 Å². The van der Waals surface area contributed by atoms with E-state index in [1.54, 1.807) is 0 Å². The number of aryl methyl sites for hydroxylation is 1. The molecule has 0 radical (unpaired) electrons. The largest absolute Gasteiger partial charge is 0.314 e. The second-order valence-corrected chi connectivity index (χ2v) is 5.04. The third-order valence-corrected chi connectivity index (χ3v) is 3.73. The lowest BCUT2D eigenvalue weighted by Crippen LogP contribution is -2.50. The van der Waals surface area contributed by atoms with Crippen LogP contribution in [0.2, 0.25) is 0 Å². The SMILES string of the molecule is CCCC1CNCCN1Cc1ccccc1C. The molecule has 1 N–H and O–H groups in total. The van der Waals surface area contributed by atoms with Crippen molar-refractivity contribution in [2.75, 3.05) is 19.6 Å². The molecule has 1 heterocycles. The summed E-state index contributed by atoms with van der Waals surface area (Å²) in [5, 5.41) is 3.51. The molecule has 0 amide bonds. The molecule has 1 saturated heterocycles. The predicted octanol–water partition coefficient (Wildman–Crippen LogP) is 2.57. The molecule has 2 nitrogen and oxygen atoms in total. The van der Waals surface area contributed by atoms with Crippen LogP contribution < -0.4 is 5.32 Å². The summed E-state index contributed by atoms with van der Waals surface area (Å²) in [6, 6.07) is 9.47. The maximum absolute atomic E-state index is 3.51. The first-order valence-corrected chi connectivity index (χ1v) is 6.80. The van der Waals surface area contributed by atoms with Crippen LogP contribution in [0.25, 0.3) is 0 Å². The minimum atomic E-state index is 0.716. The van der Waals surface area contributed by atoms with Gasteiger partial charge in [0, 0.05) is 32.2 Å². The molecule has 94 valence electrons.